The van der Waals surface area contributed by atoms with E-state index in [9.17, 15) is 17.7 Å². The van der Waals surface area contributed by atoms with Crippen LogP contribution >= 0.6 is 0 Å². The third-order valence-corrected chi connectivity index (χ3v) is 2.84. The second-order valence-corrected chi connectivity index (χ2v) is 4.22. The molecule has 2 rings (SSSR count). The van der Waals surface area contributed by atoms with E-state index in [1.807, 2.05) is 0 Å². The van der Waals surface area contributed by atoms with Gasteiger partial charge in [0.2, 0.25) is 0 Å². The Morgan fingerprint density at radius 1 is 1.22 bits per heavy atom. The molecule has 1 aromatic rings. The standard InChI is InChI=1S/C11H12BF3NO.K/c13-12(14,15)8-16-7-3-5-9-4-1-2-6-10(9)11(16)17;/h1-2,4,6H,3,5,7-8H2;/q-1;+1. The van der Waals surface area contributed by atoms with Crippen molar-refractivity contribution in [1.82, 2.24) is 4.90 Å². The first-order valence-corrected chi connectivity index (χ1v) is 5.55. The Morgan fingerprint density at radius 3 is 2.56 bits per heavy atom. The van der Waals surface area contributed by atoms with Crippen molar-refractivity contribution in [3.63, 3.8) is 0 Å². The van der Waals surface area contributed by atoms with Crippen LogP contribution in [0.4, 0.5) is 12.9 Å². The Morgan fingerprint density at radius 2 is 1.89 bits per heavy atom. The summed E-state index contributed by atoms with van der Waals surface area (Å²) in [5.74, 6) is -0.502. The Bertz CT molecular complexity index is 439. The quantitative estimate of drug-likeness (QED) is 0.667. The van der Waals surface area contributed by atoms with Crippen LogP contribution in [0.25, 0.3) is 0 Å². The molecule has 18 heavy (non-hydrogen) atoms. The molecule has 0 radical (unpaired) electrons. The number of fused-ring (bicyclic) bond motifs is 1. The molecule has 0 spiro atoms. The van der Waals surface area contributed by atoms with E-state index >= 15 is 0 Å². The zero-order chi connectivity index (χ0) is 12.5. The third-order valence-electron chi connectivity index (χ3n) is 2.84. The zero-order valence-electron chi connectivity index (χ0n) is 10.2. The Kier molecular flexibility index (Phi) is 5.92. The van der Waals surface area contributed by atoms with E-state index in [2.05, 4.69) is 0 Å². The predicted molar refractivity (Wildman–Crippen MR) is 59.7 cm³/mol. The second-order valence-electron chi connectivity index (χ2n) is 4.22. The van der Waals surface area contributed by atoms with Crippen LogP contribution in [0.1, 0.15) is 22.3 Å². The van der Waals surface area contributed by atoms with Crippen LogP contribution in [0.5, 0.6) is 0 Å². The first kappa shape index (κ1) is 16.2. The predicted octanol–water partition coefficient (Wildman–Crippen LogP) is -0.534. The molecule has 0 aliphatic carbocycles. The molecule has 0 N–H and O–H groups in total. The number of hydrogen-bond donors (Lipinski definition) is 0. The van der Waals surface area contributed by atoms with Crippen LogP contribution in [-0.4, -0.2) is 30.8 Å². The number of rotatable bonds is 2. The maximum atomic E-state index is 12.4. The number of carbonyl (C=O) groups excluding carboxylic acids is 1. The normalized spacial score (nSPS) is 15.7. The summed E-state index contributed by atoms with van der Waals surface area (Å²) in [5, 5.41) is 0. The molecule has 92 valence electrons. The van der Waals surface area contributed by atoms with E-state index in [1.54, 1.807) is 24.3 Å². The van der Waals surface area contributed by atoms with Gasteiger partial charge in [-0.1, -0.05) is 18.2 Å². The summed E-state index contributed by atoms with van der Waals surface area (Å²) in [4.78, 5) is 12.9. The van der Waals surface area contributed by atoms with E-state index < -0.39 is 19.3 Å². The number of benzene rings is 1. The van der Waals surface area contributed by atoms with Gasteiger partial charge in [0.15, 0.2) is 0 Å². The average molecular weight is 281 g/mol. The molecule has 0 atom stereocenters. The van der Waals surface area contributed by atoms with Gasteiger partial charge in [0.1, 0.15) is 0 Å². The van der Waals surface area contributed by atoms with Crippen molar-refractivity contribution >= 4 is 12.9 Å². The molecule has 2 nitrogen and oxygen atoms in total. The molecular weight excluding hydrogens is 269 g/mol. The Labute approximate surface area is 146 Å². The molecule has 1 aromatic carbocycles. The van der Waals surface area contributed by atoms with Crippen LogP contribution in [0, 0.1) is 0 Å². The van der Waals surface area contributed by atoms with Crippen molar-refractivity contribution in [3.8, 4) is 0 Å². The van der Waals surface area contributed by atoms with E-state index in [0.29, 0.717) is 18.4 Å². The van der Waals surface area contributed by atoms with Crippen molar-refractivity contribution in [1.29, 1.82) is 0 Å². The van der Waals surface area contributed by atoms with Crippen molar-refractivity contribution in [2.45, 2.75) is 12.8 Å². The van der Waals surface area contributed by atoms with Gasteiger partial charge in [0, 0.05) is 12.1 Å². The van der Waals surface area contributed by atoms with Gasteiger partial charge in [0.25, 0.3) is 5.91 Å². The molecule has 1 aliphatic rings. The molecule has 0 fully saturated rings. The second kappa shape index (κ2) is 6.56. The van der Waals surface area contributed by atoms with Crippen molar-refractivity contribution in [3.05, 3.63) is 35.4 Å². The maximum absolute atomic E-state index is 12.4. The molecule has 7 heteroatoms. The molecule has 1 amide bonds. The SMILES string of the molecule is O=C1c2ccccc2CCCN1C[B-](F)(F)F.[K+]. The molecule has 1 aliphatic heterocycles. The minimum atomic E-state index is -4.96. The summed E-state index contributed by atoms with van der Waals surface area (Å²) in [6, 6.07) is 6.88. The van der Waals surface area contributed by atoms with Gasteiger partial charge in [-0.15, -0.1) is 0 Å². The number of halogens is 3. The summed E-state index contributed by atoms with van der Waals surface area (Å²) < 4.78 is 37.2. The number of aryl methyl sites for hydroxylation is 1. The van der Waals surface area contributed by atoms with E-state index in [1.165, 1.54) is 0 Å². The molecule has 0 saturated heterocycles. The van der Waals surface area contributed by atoms with Gasteiger partial charge >= 0.3 is 58.4 Å². The molecule has 0 unspecified atom stereocenters. The maximum Gasteiger partial charge on any atom is 1.00 e. The van der Waals surface area contributed by atoms with Gasteiger partial charge in [0.05, 0.1) is 0 Å². The number of amides is 1. The van der Waals surface area contributed by atoms with Gasteiger partial charge < -0.3 is 17.8 Å². The van der Waals surface area contributed by atoms with E-state index in [4.69, 9.17) is 0 Å². The summed E-state index contributed by atoms with van der Waals surface area (Å²) in [7, 11) is 0. The van der Waals surface area contributed by atoms with Crippen LogP contribution < -0.4 is 51.4 Å². The first-order valence-electron chi connectivity index (χ1n) is 5.55. The van der Waals surface area contributed by atoms with Gasteiger partial charge in [-0.25, -0.2) is 0 Å². The molecule has 1 heterocycles. The summed E-state index contributed by atoms with van der Waals surface area (Å²) in [5.41, 5.74) is 1.25. The minimum absolute atomic E-state index is 0. The monoisotopic (exact) mass is 281 g/mol. The first-order chi connectivity index (χ1) is 7.97. The molecule has 0 aromatic heterocycles. The van der Waals surface area contributed by atoms with E-state index in [0.717, 1.165) is 10.5 Å². The fraction of sp³-hybridized carbons (Fsp3) is 0.364. The summed E-state index contributed by atoms with van der Waals surface area (Å²) in [6.07, 6.45) is 0.130. The smallest absolute Gasteiger partial charge is 0.448 e. The summed E-state index contributed by atoms with van der Waals surface area (Å²) in [6.45, 7) is -4.79. The van der Waals surface area contributed by atoms with E-state index in [-0.39, 0.29) is 57.9 Å². The number of nitrogens with zero attached hydrogens (tertiary/aromatic N) is 1. The topological polar surface area (TPSA) is 20.3 Å². The Hall–Kier alpha value is 0.181. The zero-order valence-corrected chi connectivity index (χ0v) is 13.3. The van der Waals surface area contributed by atoms with Gasteiger partial charge in [-0.05, 0) is 30.9 Å². The van der Waals surface area contributed by atoms with Gasteiger partial charge in [-0.2, -0.15) is 0 Å². The number of hydrogen-bond acceptors (Lipinski definition) is 1. The molecular formula is C11H12BF3KNO. The number of carbonyl (C=O) groups is 1. The van der Waals surface area contributed by atoms with Crippen molar-refractivity contribution in [2.24, 2.45) is 0 Å². The summed E-state index contributed by atoms with van der Waals surface area (Å²) >= 11 is 0. The van der Waals surface area contributed by atoms with Crippen molar-refractivity contribution < 1.29 is 69.1 Å². The molecule has 0 bridgehead atoms. The van der Waals surface area contributed by atoms with Gasteiger partial charge in [-0.3, -0.25) is 4.79 Å². The largest absolute Gasteiger partial charge is 1.00 e. The van der Waals surface area contributed by atoms with Crippen LogP contribution in [0.3, 0.4) is 0 Å². The minimum Gasteiger partial charge on any atom is -0.448 e. The van der Waals surface area contributed by atoms with Crippen molar-refractivity contribution in [2.75, 3.05) is 13.0 Å². The Balaban J connectivity index is 0.00000162. The van der Waals surface area contributed by atoms with Crippen LogP contribution in [0.15, 0.2) is 24.3 Å². The average Bonchev–Trinajstić information content (AvgIpc) is 2.39. The fourth-order valence-corrected chi connectivity index (χ4v) is 2.10. The molecule has 0 saturated carbocycles. The fourth-order valence-electron chi connectivity index (χ4n) is 2.10. The third kappa shape index (κ3) is 4.09. The van der Waals surface area contributed by atoms with Crippen LogP contribution in [-0.2, 0) is 6.42 Å². The van der Waals surface area contributed by atoms with Crippen LogP contribution in [0.2, 0.25) is 0 Å².